The quantitative estimate of drug-likeness (QED) is 0.299. The van der Waals surface area contributed by atoms with Crippen molar-refractivity contribution in [3.05, 3.63) is 83.2 Å². The number of hydrogen-bond donors (Lipinski definition) is 2. The molecular weight excluding hydrogens is 466 g/mol. The van der Waals surface area contributed by atoms with Crippen LogP contribution in [0.15, 0.2) is 65.6 Å². The molecule has 6 nitrogen and oxygen atoms in total. The molecule has 0 radical (unpaired) electrons. The van der Waals surface area contributed by atoms with Crippen molar-refractivity contribution >= 4 is 21.4 Å². The van der Waals surface area contributed by atoms with Gasteiger partial charge in [0.1, 0.15) is 28.8 Å². The second-order valence-electron chi connectivity index (χ2n) is 7.03. The third kappa shape index (κ3) is 6.01. The number of sulfone groups is 1. The van der Waals surface area contributed by atoms with E-state index in [4.69, 9.17) is 4.74 Å². The second kappa shape index (κ2) is 9.10. The molecule has 0 fully saturated rings. The van der Waals surface area contributed by atoms with Crippen molar-refractivity contribution in [2.75, 3.05) is 11.6 Å². The first-order valence-electron chi connectivity index (χ1n) is 9.27. The highest BCUT2D eigenvalue weighted by molar-refractivity contribution is 7.90. The monoisotopic (exact) mass is 483 g/mol. The molecule has 0 unspecified atom stereocenters. The molecule has 2 N–H and O–H groups in total. The van der Waals surface area contributed by atoms with Crippen LogP contribution < -0.4 is 10.1 Å². The Bertz CT molecular complexity index is 1270. The first-order chi connectivity index (χ1) is 15.3. The van der Waals surface area contributed by atoms with Crippen molar-refractivity contribution in [3.63, 3.8) is 0 Å². The van der Waals surface area contributed by atoms with Crippen LogP contribution in [-0.2, 0) is 22.6 Å². The predicted molar refractivity (Wildman–Crippen MR) is 111 cm³/mol. The Morgan fingerprint density at radius 2 is 1.64 bits per heavy atom. The molecule has 3 aromatic rings. The van der Waals surface area contributed by atoms with E-state index in [1.165, 1.54) is 36.4 Å². The number of phenolic OH excluding ortho intramolecular Hbond substituents is 1. The zero-order valence-corrected chi connectivity index (χ0v) is 17.8. The Morgan fingerprint density at radius 3 is 2.18 bits per heavy atom. The van der Waals surface area contributed by atoms with Crippen LogP contribution in [0, 0.1) is 5.82 Å². The summed E-state index contributed by atoms with van der Waals surface area (Å²) in [4.78, 5) is 11.9. The highest BCUT2D eigenvalue weighted by atomic mass is 32.2. The van der Waals surface area contributed by atoms with Gasteiger partial charge >= 0.3 is 6.18 Å². The lowest BCUT2D eigenvalue weighted by atomic mass is 10.1. The third-order valence-electron chi connectivity index (χ3n) is 4.50. The van der Waals surface area contributed by atoms with Gasteiger partial charge in [0.15, 0.2) is 9.84 Å². The minimum absolute atomic E-state index is 0.0254. The molecule has 33 heavy (non-hydrogen) atoms. The first-order valence-corrected chi connectivity index (χ1v) is 11.2. The molecule has 3 rings (SSSR count). The molecule has 0 saturated heterocycles. The fraction of sp³-hybridized carbons (Fsp3) is 0.136. The van der Waals surface area contributed by atoms with Crippen LogP contribution in [0.3, 0.4) is 0 Å². The minimum atomic E-state index is -4.44. The van der Waals surface area contributed by atoms with E-state index < -0.39 is 49.6 Å². The number of hydrogen-bond acceptors (Lipinski definition) is 5. The van der Waals surface area contributed by atoms with E-state index in [0.717, 1.165) is 24.5 Å². The fourth-order valence-corrected chi connectivity index (χ4v) is 3.56. The molecule has 0 atom stereocenters. The highest BCUT2D eigenvalue weighted by Crippen LogP contribution is 2.31. The third-order valence-corrected chi connectivity index (χ3v) is 5.63. The lowest BCUT2D eigenvalue weighted by Gasteiger charge is -2.11. The largest absolute Gasteiger partial charge is 0.506 e. The van der Waals surface area contributed by atoms with Crippen LogP contribution in [0.4, 0.5) is 23.2 Å². The summed E-state index contributed by atoms with van der Waals surface area (Å²) in [5.74, 6) is -2.29. The Labute approximate surface area is 186 Å². The number of carbonyl (C=O) groups excluding carboxylic acids is 1. The summed E-state index contributed by atoms with van der Waals surface area (Å²) >= 11 is 0. The van der Waals surface area contributed by atoms with E-state index in [2.05, 4.69) is 5.32 Å². The van der Waals surface area contributed by atoms with Gasteiger partial charge < -0.3 is 15.2 Å². The van der Waals surface area contributed by atoms with Crippen LogP contribution in [0.1, 0.15) is 21.5 Å². The summed E-state index contributed by atoms with van der Waals surface area (Å²) < 4.78 is 80.6. The number of halogens is 4. The fourth-order valence-electron chi connectivity index (χ4n) is 2.79. The van der Waals surface area contributed by atoms with Crippen molar-refractivity contribution in [1.82, 2.24) is 0 Å². The standard InChI is InChI=1S/C22H17F4NO5S/c1-33(30,31)20-11-18(17(23)10-19(20)28)27-21(29)14-4-2-13(3-5-14)12-32-16-8-6-15(7-9-16)22(24,25)26/h2-11,28H,12H2,1H3,(H,27,29). The van der Waals surface area contributed by atoms with Crippen LogP contribution in [0.25, 0.3) is 0 Å². The average molecular weight is 483 g/mol. The summed E-state index contributed by atoms with van der Waals surface area (Å²) in [6.07, 6.45) is -3.61. The lowest BCUT2D eigenvalue weighted by molar-refractivity contribution is -0.137. The second-order valence-corrected chi connectivity index (χ2v) is 9.02. The zero-order valence-electron chi connectivity index (χ0n) is 17.0. The van der Waals surface area contributed by atoms with Crippen molar-refractivity contribution in [2.24, 2.45) is 0 Å². The molecule has 0 saturated carbocycles. The summed E-state index contributed by atoms with van der Waals surface area (Å²) in [6, 6.07) is 11.5. The number of carbonyl (C=O) groups is 1. The summed E-state index contributed by atoms with van der Waals surface area (Å²) in [6.45, 7) is 0.0254. The number of ether oxygens (including phenoxy) is 1. The molecule has 3 aromatic carbocycles. The molecule has 0 aliphatic rings. The SMILES string of the molecule is CS(=O)(=O)c1cc(NC(=O)c2ccc(COc3ccc(C(F)(F)F)cc3)cc2)c(F)cc1O. The van der Waals surface area contributed by atoms with E-state index in [1.807, 2.05) is 0 Å². The van der Waals surface area contributed by atoms with Gasteiger partial charge in [-0.2, -0.15) is 13.2 Å². The molecular formula is C22H17F4NO5S. The topological polar surface area (TPSA) is 92.7 Å². The normalized spacial score (nSPS) is 11.8. The maximum atomic E-state index is 14.1. The van der Waals surface area contributed by atoms with Gasteiger partial charge in [0.05, 0.1) is 11.3 Å². The van der Waals surface area contributed by atoms with Crippen molar-refractivity contribution in [1.29, 1.82) is 0 Å². The van der Waals surface area contributed by atoms with E-state index in [-0.39, 0.29) is 17.9 Å². The van der Waals surface area contributed by atoms with E-state index >= 15 is 0 Å². The molecule has 0 aliphatic carbocycles. The van der Waals surface area contributed by atoms with Gasteiger partial charge in [0.2, 0.25) is 0 Å². The maximum absolute atomic E-state index is 14.1. The van der Waals surface area contributed by atoms with Gasteiger partial charge in [0.25, 0.3) is 5.91 Å². The Kier molecular flexibility index (Phi) is 6.63. The minimum Gasteiger partial charge on any atom is -0.506 e. The number of anilines is 1. The zero-order chi connectivity index (χ0) is 24.4. The molecule has 11 heteroatoms. The molecule has 1 amide bonds. The van der Waals surface area contributed by atoms with Crippen LogP contribution in [-0.4, -0.2) is 25.7 Å². The number of amides is 1. The number of benzene rings is 3. The predicted octanol–water partition coefficient (Wildman–Crippen LogP) is 4.78. The highest BCUT2D eigenvalue weighted by Gasteiger charge is 2.30. The van der Waals surface area contributed by atoms with Crippen molar-refractivity contribution in [3.8, 4) is 11.5 Å². The maximum Gasteiger partial charge on any atom is 0.416 e. The van der Waals surface area contributed by atoms with Gasteiger partial charge in [-0.05, 0) is 48.0 Å². The summed E-state index contributed by atoms with van der Waals surface area (Å²) in [7, 11) is -3.86. The van der Waals surface area contributed by atoms with E-state index in [1.54, 1.807) is 0 Å². The van der Waals surface area contributed by atoms with Gasteiger partial charge in [-0.15, -0.1) is 0 Å². The van der Waals surface area contributed by atoms with Crippen molar-refractivity contribution in [2.45, 2.75) is 17.7 Å². The van der Waals surface area contributed by atoms with Crippen LogP contribution in [0.2, 0.25) is 0 Å². The molecule has 0 heterocycles. The van der Waals surface area contributed by atoms with E-state index in [9.17, 15) is 35.9 Å². The summed E-state index contributed by atoms with van der Waals surface area (Å²) in [5.41, 5.74) is -0.477. The average Bonchev–Trinajstić information content (AvgIpc) is 2.73. The molecule has 0 spiro atoms. The van der Waals surface area contributed by atoms with Crippen molar-refractivity contribution < 1.29 is 40.6 Å². The molecule has 0 aromatic heterocycles. The Balaban J connectivity index is 1.66. The number of rotatable bonds is 6. The molecule has 0 aliphatic heterocycles. The summed E-state index contributed by atoms with van der Waals surface area (Å²) in [5, 5.41) is 11.9. The Morgan fingerprint density at radius 1 is 1.03 bits per heavy atom. The number of aromatic hydroxyl groups is 1. The van der Waals surface area contributed by atoms with Gasteiger partial charge in [0, 0.05) is 17.9 Å². The molecule has 0 bridgehead atoms. The van der Waals surface area contributed by atoms with Crippen LogP contribution in [0.5, 0.6) is 11.5 Å². The van der Waals surface area contributed by atoms with Crippen LogP contribution >= 0.6 is 0 Å². The number of alkyl halides is 3. The Hall–Kier alpha value is -3.60. The lowest BCUT2D eigenvalue weighted by Crippen LogP contribution is -2.14. The van der Waals surface area contributed by atoms with E-state index in [0.29, 0.717) is 11.6 Å². The molecule has 174 valence electrons. The smallest absolute Gasteiger partial charge is 0.416 e. The van der Waals surface area contributed by atoms with Gasteiger partial charge in [-0.1, -0.05) is 12.1 Å². The number of phenols is 1. The van der Waals surface area contributed by atoms with Gasteiger partial charge in [-0.3, -0.25) is 4.79 Å². The number of nitrogens with one attached hydrogen (secondary N) is 1. The van der Waals surface area contributed by atoms with Gasteiger partial charge in [-0.25, -0.2) is 12.8 Å². The first kappa shape index (κ1) is 24.1.